The zero-order valence-electron chi connectivity index (χ0n) is 9.13. The summed E-state index contributed by atoms with van der Waals surface area (Å²) in [5.74, 6) is 2.10. The van der Waals surface area contributed by atoms with Crippen LogP contribution in [0.25, 0.3) is 0 Å². The van der Waals surface area contributed by atoms with Crippen LogP contribution >= 0.6 is 11.8 Å². The van der Waals surface area contributed by atoms with Crippen molar-refractivity contribution < 1.29 is 4.79 Å². The highest BCUT2D eigenvalue weighted by atomic mass is 32.2. The Kier molecular flexibility index (Phi) is 6.52. The van der Waals surface area contributed by atoms with Gasteiger partial charge in [-0.2, -0.15) is 11.8 Å². The number of hydrogen-bond acceptors (Lipinski definition) is 3. The highest BCUT2D eigenvalue weighted by Gasteiger charge is 2.16. The minimum Gasteiger partial charge on any atom is -0.355 e. The first kappa shape index (κ1) is 12.6. The summed E-state index contributed by atoms with van der Waals surface area (Å²) in [6.45, 7) is 5.48. The second-order valence-corrected chi connectivity index (χ2v) is 4.86. The van der Waals surface area contributed by atoms with Gasteiger partial charge < -0.3 is 10.6 Å². The Morgan fingerprint density at radius 2 is 2.53 bits per heavy atom. The van der Waals surface area contributed by atoms with Crippen molar-refractivity contribution in [3.05, 3.63) is 12.7 Å². The van der Waals surface area contributed by atoms with E-state index in [0.29, 0.717) is 12.5 Å². The van der Waals surface area contributed by atoms with Crippen molar-refractivity contribution in [3.63, 3.8) is 0 Å². The van der Waals surface area contributed by atoms with E-state index in [-0.39, 0.29) is 5.91 Å². The molecule has 1 aliphatic heterocycles. The van der Waals surface area contributed by atoms with Crippen LogP contribution < -0.4 is 10.6 Å². The zero-order valence-corrected chi connectivity index (χ0v) is 9.94. The van der Waals surface area contributed by atoms with Crippen molar-refractivity contribution in [3.8, 4) is 0 Å². The van der Waals surface area contributed by atoms with E-state index in [1.807, 2.05) is 6.08 Å². The van der Waals surface area contributed by atoms with Gasteiger partial charge in [-0.3, -0.25) is 4.79 Å². The largest absolute Gasteiger partial charge is 0.355 e. The Labute approximate surface area is 96.1 Å². The summed E-state index contributed by atoms with van der Waals surface area (Å²) in [5.41, 5.74) is 0. The third kappa shape index (κ3) is 5.85. The molecule has 86 valence electrons. The van der Waals surface area contributed by atoms with Crippen molar-refractivity contribution in [2.45, 2.75) is 25.3 Å². The fourth-order valence-corrected chi connectivity index (χ4v) is 2.24. The SMILES string of the molecule is C=CCSCCNC(=O)CC1CCCN1. The average Bonchev–Trinajstić information content (AvgIpc) is 2.70. The van der Waals surface area contributed by atoms with Crippen molar-refractivity contribution in [1.82, 2.24) is 10.6 Å². The summed E-state index contributed by atoms with van der Waals surface area (Å²) in [4.78, 5) is 11.5. The topological polar surface area (TPSA) is 41.1 Å². The summed E-state index contributed by atoms with van der Waals surface area (Å²) >= 11 is 1.79. The summed E-state index contributed by atoms with van der Waals surface area (Å²) in [6.07, 6.45) is 4.85. The molecule has 0 radical (unpaired) electrons. The Balaban J connectivity index is 1.95. The van der Waals surface area contributed by atoms with E-state index in [1.165, 1.54) is 6.42 Å². The van der Waals surface area contributed by atoms with Gasteiger partial charge in [0.15, 0.2) is 0 Å². The molecule has 1 saturated heterocycles. The van der Waals surface area contributed by atoms with Gasteiger partial charge in [0.25, 0.3) is 0 Å². The second kappa shape index (κ2) is 7.77. The first-order valence-corrected chi connectivity index (χ1v) is 6.67. The Bertz CT molecular complexity index is 203. The van der Waals surface area contributed by atoms with Crippen LogP contribution in [0.2, 0.25) is 0 Å². The molecule has 0 spiro atoms. The molecule has 1 heterocycles. The van der Waals surface area contributed by atoms with E-state index < -0.39 is 0 Å². The molecular weight excluding hydrogens is 208 g/mol. The maximum absolute atomic E-state index is 11.5. The van der Waals surface area contributed by atoms with Crippen molar-refractivity contribution in [1.29, 1.82) is 0 Å². The van der Waals surface area contributed by atoms with Crippen LogP contribution in [0.4, 0.5) is 0 Å². The lowest BCUT2D eigenvalue weighted by molar-refractivity contribution is -0.121. The number of hydrogen-bond donors (Lipinski definition) is 2. The van der Waals surface area contributed by atoms with Gasteiger partial charge in [0, 0.05) is 30.5 Å². The van der Waals surface area contributed by atoms with E-state index in [0.717, 1.165) is 31.0 Å². The second-order valence-electron chi connectivity index (χ2n) is 3.71. The maximum atomic E-state index is 11.5. The van der Waals surface area contributed by atoms with Gasteiger partial charge in [-0.1, -0.05) is 6.08 Å². The van der Waals surface area contributed by atoms with Crippen LogP contribution in [-0.2, 0) is 4.79 Å². The zero-order chi connectivity index (χ0) is 10.9. The number of amides is 1. The molecule has 1 aliphatic rings. The summed E-state index contributed by atoms with van der Waals surface area (Å²) in [6, 6.07) is 0.408. The van der Waals surface area contributed by atoms with E-state index in [2.05, 4.69) is 17.2 Å². The van der Waals surface area contributed by atoms with Gasteiger partial charge in [0.05, 0.1) is 0 Å². The first-order chi connectivity index (χ1) is 7.33. The van der Waals surface area contributed by atoms with Crippen LogP contribution in [0.3, 0.4) is 0 Å². The maximum Gasteiger partial charge on any atom is 0.221 e. The smallest absolute Gasteiger partial charge is 0.221 e. The highest BCUT2D eigenvalue weighted by molar-refractivity contribution is 7.99. The van der Waals surface area contributed by atoms with Crippen LogP contribution in [0.15, 0.2) is 12.7 Å². The number of carbonyl (C=O) groups is 1. The van der Waals surface area contributed by atoms with Crippen LogP contribution in [0.1, 0.15) is 19.3 Å². The lowest BCUT2D eigenvalue weighted by Crippen LogP contribution is -2.32. The molecule has 3 nitrogen and oxygen atoms in total. The number of nitrogens with one attached hydrogen (secondary N) is 2. The molecule has 0 saturated carbocycles. The predicted octanol–water partition coefficient (Wildman–Crippen LogP) is 1.16. The van der Waals surface area contributed by atoms with Crippen molar-refractivity contribution in [2.75, 3.05) is 24.6 Å². The summed E-state index contributed by atoms with van der Waals surface area (Å²) < 4.78 is 0. The van der Waals surface area contributed by atoms with Gasteiger partial charge in [-0.15, -0.1) is 6.58 Å². The molecular formula is C11H20N2OS. The molecule has 4 heteroatoms. The summed E-state index contributed by atoms with van der Waals surface area (Å²) in [5, 5.41) is 6.25. The van der Waals surface area contributed by atoms with E-state index >= 15 is 0 Å². The van der Waals surface area contributed by atoms with E-state index in [4.69, 9.17) is 0 Å². The molecule has 1 amide bonds. The Morgan fingerprint density at radius 3 is 3.20 bits per heavy atom. The van der Waals surface area contributed by atoms with Crippen LogP contribution in [-0.4, -0.2) is 36.5 Å². The van der Waals surface area contributed by atoms with Gasteiger partial charge in [-0.05, 0) is 19.4 Å². The molecule has 0 aromatic rings. The van der Waals surface area contributed by atoms with E-state index in [9.17, 15) is 4.79 Å². The minimum atomic E-state index is 0.175. The molecule has 0 aromatic carbocycles. The number of carbonyl (C=O) groups excluding carboxylic acids is 1. The molecule has 15 heavy (non-hydrogen) atoms. The molecule has 1 atom stereocenters. The third-order valence-electron chi connectivity index (χ3n) is 2.40. The first-order valence-electron chi connectivity index (χ1n) is 5.51. The molecule has 1 rings (SSSR count). The number of thioether (sulfide) groups is 1. The third-order valence-corrected chi connectivity index (χ3v) is 3.36. The minimum absolute atomic E-state index is 0.175. The predicted molar refractivity (Wildman–Crippen MR) is 66.2 cm³/mol. The fraction of sp³-hybridized carbons (Fsp3) is 0.727. The Hall–Kier alpha value is -0.480. The van der Waals surface area contributed by atoms with Gasteiger partial charge in [0.2, 0.25) is 5.91 Å². The Morgan fingerprint density at radius 1 is 1.67 bits per heavy atom. The monoisotopic (exact) mass is 228 g/mol. The van der Waals surface area contributed by atoms with Gasteiger partial charge in [0.1, 0.15) is 0 Å². The molecule has 1 unspecified atom stereocenters. The average molecular weight is 228 g/mol. The molecule has 1 fully saturated rings. The molecule has 0 bridgehead atoms. The van der Waals surface area contributed by atoms with Crippen molar-refractivity contribution in [2.24, 2.45) is 0 Å². The van der Waals surface area contributed by atoms with Gasteiger partial charge >= 0.3 is 0 Å². The standard InChI is InChI=1S/C11H20N2OS/c1-2-7-15-8-6-13-11(14)9-10-4-3-5-12-10/h2,10,12H,1,3-9H2,(H,13,14). The van der Waals surface area contributed by atoms with Gasteiger partial charge in [-0.25, -0.2) is 0 Å². The summed E-state index contributed by atoms with van der Waals surface area (Å²) in [7, 11) is 0. The quantitative estimate of drug-likeness (QED) is 0.507. The highest BCUT2D eigenvalue weighted by Crippen LogP contribution is 2.08. The lowest BCUT2D eigenvalue weighted by Gasteiger charge is -2.09. The number of rotatable bonds is 7. The molecule has 2 N–H and O–H groups in total. The lowest BCUT2D eigenvalue weighted by atomic mass is 10.1. The molecule has 0 aromatic heterocycles. The molecule has 0 aliphatic carbocycles. The van der Waals surface area contributed by atoms with E-state index in [1.54, 1.807) is 11.8 Å². The van der Waals surface area contributed by atoms with Crippen molar-refractivity contribution >= 4 is 17.7 Å². The normalized spacial score (nSPS) is 20.1. The van der Waals surface area contributed by atoms with Crippen LogP contribution in [0, 0.1) is 0 Å². The van der Waals surface area contributed by atoms with Crippen LogP contribution in [0.5, 0.6) is 0 Å². The fourth-order valence-electron chi connectivity index (χ4n) is 1.66.